The van der Waals surface area contributed by atoms with Crippen LogP contribution >= 0.6 is 0 Å². The van der Waals surface area contributed by atoms with Gasteiger partial charge in [0.2, 0.25) is 0 Å². The fourth-order valence-corrected chi connectivity index (χ4v) is 2.94. The largest absolute Gasteiger partial charge is 0.489 e. The SMILES string of the molecule is O=C(CC1Cc2ccccc2O1)ON1C(=O)c2ccccc2C1=O. The van der Waals surface area contributed by atoms with E-state index >= 15 is 0 Å². The Hall–Kier alpha value is -3.15. The van der Waals surface area contributed by atoms with Gasteiger partial charge in [0.15, 0.2) is 0 Å². The summed E-state index contributed by atoms with van der Waals surface area (Å²) >= 11 is 0. The van der Waals surface area contributed by atoms with Gasteiger partial charge in [-0.2, -0.15) is 0 Å². The fraction of sp³-hybridized carbons (Fsp3) is 0.167. The zero-order valence-electron chi connectivity index (χ0n) is 12.6. The van der Waals surface area contributed by atoms with Gasteiger partial charge in [0.05, 0.1) is 17.5 Å². The number of ether oxygens (including phenoxy) is 1. The van der Waals surface area contributed by atoms with Crippen molar-refractivity contribution in [2.24, 2.45) is 0 Å². The molecule has 24 heavy (non-hydrogen) atoms. The number of benzene rings is 2. The van der Waals surface area contributed by atoms with Crippen molar-refractivity contribution in [1.82, 2.24) is 5.06 Å². The van der Waals surface area contributed by atoms with Crippen LogP contribution in [-0.4, -0.2) is 29.0 Å². The molecule has 0 fully saturated rings. The summed E-state index contributed by atoms with van der Waals surface area (Å²) in [5.74, 6) is -1.18. The normalized spacial score (nSPS) is 18.2. The van der Waals surface area contributed by atoms with Gasteiger partial charge >= 0.3 is 5.97 Å². The van der Waals surface area contributed by atoms with Crippen LogP contribution in [0.4, 0.5) is 0 Å². The minimum absolute atomic E-state index is 0.0396. The first-order valence-electron chi connectivity index (χ1n) is 7.56. The van der Waals surface area contributed by atoms with Gasteiger partial charge in [0.1, 0.15) is 11.9 Å². The zero-order chi connectivity index (χ0) is 16.7. The molecule has 2 aliphatic heterocycles. The lowest BCUT2D eigenvalue weighted by Crippen LogP contribution is -2.34. The van der Waals surface area contributed by atoms with Crippen molar-refractivity contribution >= 4 is 17.8 Å². The maximum Gasteiger partial charge on any atom is 0.336 e. The predicted octanol–water partition coefficient (Wildman–Crippen LogP) is 2.13. The van der Waals surface area contributed by atoms with Gasteiger partial charge in [-0.3, -0.25) is 9.59 Å². The van der Waals surface area contributed by atoms with Gasteiger partial charge < -0.3 is 9.57 Å². The van der Waals surface area contributed by atoms with Crippen LogP contribution in [0, 0.1) is 0 Å². The van der Waals surface area contributed by atoms with E-state index in [1.165, 1.54) is 12.1 Å². The highest BCUT2D eigenvalue weighted by molar-refractivity contribution is 6.20. The summed E-state index contributed by atoms with van der Waals surface area (Å²) in [6.07, 6.45) is 0.195. The molecule has 0 saturated heterocycles. The molecule has 0 aliphatic carbocycles. The van der Waals surface area contributed by atoms with Gasteiger partial charge in [-0.15, -0.1) is 0 Å². The molecule has 0 saturated carbocycles. The maximum atomic E-state index is 12.2. The number of hydroxylamine groups is 2. The molecule has 2 heterocycles. The average Bonchev–Trinajstić information content (AvgIpc) is 3.09. The molecule has 2 aromatic carbocycles. The molecule has 6 heteroatoms. The molecule has 6 nitrogen and oxygen atoms in total. The molecule has 0 N–H and O–H groups in total. The Morgan fingerprint density at radius 2 is 1.67 bits per heavy atom. The highest BCUT2D eigenvalue weighted by atomic mass is 16.7. The molecule has 0 bridgehead atoms. The van der Waals surface area contributed by atoms with Gasteiger partial charge in [0, 0.05) is 6.42 Å². The smallest absolute Gasteiger partial charge is 0.336 e. The molecule has 0 spiro atoms. The van der Waals surface area contributed by atoms with Crippen LogP contribution < -0.4 is 4.74 Å². The number of para-hydroxylation sites is 1. The van der Waals surface area contributed by atoms with E-state index in [1.54, 1.807) is 12.1 Å². The lowest BCUT2D eigenvalue weighted by molar-refractivity contribution is -0.170. The van der Waals surface area contributed by atoms with E-state index in [-0.39, 0.29) is 23.7 Å². The predicted molar refractivity (Wildman–Crippen MR) is 82.2 cm³/mol. The molecule has 2 amide bonds. The Labute approximate surface area is 137 Å². The molecule has 0 aromatic heterocycles. The van der Waals surface area contributed by atoms with Crippen molar-refractivity contribution in [2.75, 3.05) is 0 Å². The number of carbonyl (C=O) groups excluding carboxylic acids is 3. The van der Waals surface area contributed by atoms with Crippen molar-refractivity contribution < 1.29 is 24.0 Å². The number of imide groups is 1. The monoisotopic (exact) mass is 323 g/mol. The standard InChI is InChI=1S/C18H13NO5/c20-16(10-12-9-11-5-1-4-8-15(11)23-12)24-19-17(21)13-6-2-3-7-14(13)18(19)22/h1-8,12H,9-10H2. The summed E-state index contributed by atoms with van der Waals surface area (Å²) in [5.41, 5.74) is 1.50. The summed E-state index contributed by atoms with van der Waals surface area (Å²) in [5, 5.41) is 0.523. The van der Waals surface area contributed by atoms with E-state index in [1.807, 2.05) is 24.3 Å². The second-order valence-electron chi connectivity index (χ2n) is 5.67. The lowest BCUT2D eigenvalue weighted by Gasteiger charge is -2.14. The molecule has 0 radical (unpaired) electrons. The molecule has 1 unspecified atom stereocenters. The van der Waals surface area contributed by atoms with E-state index < -0.39 is 17.8 Å². The number of fused-ring (bicyclic) bond motifs is 2. The van der Waals surface area contributed by atoms with Crippen LogP contribution in [0.2, 0.25) is 0 Å². The third-order valence-corrected chi connectivity index (χ3v) is 4.06. The summed E-state index contributed by atoms with van der Waals surface area (Å²) in [6, 6.07) is 13.9. The highest BCUT2D eigenvalue weighted by Gasteiger charge is 2.39. The minimum atomic E-state index is -0.678. The van der Waals surface area contributed by atoms with Crippen molar-refractivity contribution in [3.8, 4) is 5.75 Å². The van der Waals surface area contributed by atoms with E-state index in [9.17, 15) is 14.4 Å². The number of nitrogens with zero attached hydrogens (tertiary/aromatic N) is 1. The van der Waals surface area contributed by atoms with Crippen molar-refractivity contribution in [3.05, 3.63) is 65.2 Å². The molecule has 2 aliphatic rings. The molecular formula is C18H13NO5. The average molecular weight is 323 g/mol. The highest BCUT2D eigenvalue weighted by Crippen LogP contribution is 2.30. The number of hydrogen-bond acceptors (Lipinski definition) is 5. The van der Waals surface area contributed by atoms with Crippen LogP contribution in [0.5, 0.6) is 5.75 Å². The van der Waals surface area contributed by atoms with Gasteiger partial charge in [-0.1, -0.05) is 35.4 Å². The number of carbonyl (C=O) groups is 3. The van der Waals surface area contributed by atoms with Crippen molar-refractivity contribution in [3.63, 3.8) is 0 Å². The van der Waals surface area contributed by atoms with E-state index in [4.69, 9.17) is 9.57 Å². The van der Waals surface area contributed by atoms with Crippen LogP contribution in [-0.2, 0) is 16.1 Å². The maximum absolute atomic E-state index is 12.2. The first-order chi connectivity index (χ1) is 11.6. The fourth-order valence-electron chi connectivity index (χ4n) is 2.94. The molecular weight excluding hydrogens is 310 g/mol. The molecule has 4 rings (SSSR count). The summed E-state index contributed by atoms with van der Waals surface area (Å²) in [4.78, 5) is 41.4. The van der Waals surface area contributed by atoms with Crippen molar-refractivity contribution in [1.29, 1.82) is 0 Å². The quantitative estimate of drug-likeness (QED) is 0.809. The van der Waals surface area contributed by atoms with Crippen LogP contribution in [0.15, 0.2) is 48.5 Å². The van der Waals surface area contributed by atoms with Crippen molar-refractivity contribution in [2.45, 2.75) is 18.9 Å². The third-order valence-electron chi connectivity index (χ3n) is 4.06. The summed E-state index contributed by atoms with van der Waals surface area (Å²) < 4.78 is 5.67. The van der Waals surface area contributed by atoms with Crippen LogP contribution in [0.1, 0.15) is 32.7 Å². The Balaban J connectivity index is 1.41. The Bertz CT molecular complexity index is 800. The Morgan fingerprint density at radius 3 is 2.33 bits per heavy atom. The van der Waals surface area contributed by atoms with Crippen LogP contribution in [0.3, 0.4) is 0 Å². The van der Waals surface area contributed by atoms with Gasteiger partial charge in [-0.05, 0) is 23.8 Å². The first-order valence-corrected chi connectivity index (χ1v) is 7.56. The van der Waals surface area contributed by atoms with Gasteiger partial charge in [0.25, 0.3) is 11.8 Å². The number of rotatable bonds is 3. The molecule has 1 atom stereocenters. The van der Waals surface area contributed by atoms with E-state index in [2.05, 4.69) is 0 Å². The number of hydrogen-bond donors (Lipinski definition) is 0. The van der Waals surface area contributed by atoms with E-state index in [0.29, 0.717) is 11.5 Å². The van der Waals surface area contributed by atoms with E-state index in [0.717, 1.165) is 11.3 Å². The third kappa shape index (κ3) is 2.32. The zero-order valence-corrected chi connectivity index (χ0v) is 12.6. The lowest BCUT2D eigenvalue weighted by atomic mass is 10.1. The van der Waals surface area contributed by atoms with Gasteiger partial charge in [-0.25, -0.2) is 4.79 Å². The summed E-state index contributed by atoms with van der Waals surface area (Å²) in [6.45, 7) is 0. The second-order valence-corrected chi connectivity index (χ2v) is 5.67. The van der Waals surface area contributed by atoms with Crippen LogP contribution in [0.25, 0.3) is 0 Å². The first kappa shape index (κ1) is 14.4. The Morgan fingerprint density at radius 1 is 1.04 bits per heavy atom. The molecule has 120 valence electrons. The summed E-state index contributed by atoms with van der Waals surface area (Å²) in [7, 11) is 0. The topological polar surface area (TPSA) is 72.9 Å². The molecule has 2 aromatic rings. The Kier molecular flexibility index (Phi) is 3.30. The minimum Gasteiger partial charge on any atom is -0.489 e. The second kappa shape index (κ2) is 5.49. The number of amides is 2.